The molecule has 0 spiro atoms. The molecular formula is C10H14ClN5O10P2. The first-order valence-corrected chi connectivity index (χ1v) is 10.7. The molecule has 0 radical (unpaired) electrons. The quantitative estimate of drug-likeness (QED) is 0.221. The fourth-order valence-electron chi connectivity index (χ4n) is 2.52. The number of nitrogen functional groups attached to an aromatic ring is 1. The number of hydrogen-bond donors (Lipinski definition) is 6. The van der Waals surface area contributed by atoms with Gasteiger partial charge in [0.05, 0.1) is 12.9 Å². The largest absolute Gasteiger partial charge is 0.481 e. The molecule has 18 heteroatoms. The molecule has 0 aliphatic carbocycles. The summed E-state index contributed by atoms with van der Waals surface area (Å²) in [4.78, 5) is 38.0. The number of nitrogens with two attached hydrogens (primary N) is 1. The average Bonchev–Trinajstić information content (AvgIpc) is 3.06. The van der Waals surface area contributed by atoms with E-state index in [1.165, 1.54) is 10.9 Å². The molecule has 1 saturated heterocycles. The SMILES string of the molecule is Nc1nc(Cl)nc2c1ncn2[C@@H]1O[C@H](COP(=O)(O)OP(=O)(O)O)C(O)[C@@H]1O. The third kappa shape index (κ3) is 4.50. The Morgan fingerprint density at radius 1 is 1.25 bits per heavy atom. The van der Waals surface area contributed by atoms with Crippen molar-refractivity contribution in [3.05, 3.63) is 11.6 Å². The summed E-state index contributed by atoms with van der Waals surface area (Å²) in [5, 5.41) is 20.1. The lowest BCUT2D eigenvalue weighted by molar-refractivity contribution is -0.0503. The highest BCUT2D eigenvalue weighted by molar-refractivity contribution is 7.60. The van der Waals surface area contributed by atoms with Gasteiger partial charge in [-0.3, -0.25) is 9.09 Å². The lowest BCUT2D eigenvalue weighted by Crippen LogP contribution is -2.33. The monoisotopic (exact) mass is 461 g/mol. The lowest BCUT2D eigenvalue weighted by Gasteiger charge is -2.17. The summed E-state index contributed by atoms with van der Waals surface area (Å²) in [7, 11) is -10.5. The summed E-state index contributed by atoms with van der Waals surface area (Å²) in [5.74, 6) is -0.0301. The number of imidazole rings is 1. The molecule has 1 aliphatic heterocycles. The van der Waals surface area contributed by atoms with Gasteiger partial charge >= 0.3 is 15.6 Å². The number of fused-ring (bicyclic) bond motifs is 1. The Bertz CT molecular complexity index is 983. The molecule has 3 rings (SSSR count). The number of phosphoric ester groups is 1. The van der Waals surface area contributed by atoms with E-state index in [0.29, 0.717) is 0 Å². The highest BCUT2D eigenvalue weighted by Crippen LogP contribution is 2.57. The Morgan fingerprint density at radius 2 is 1.93 bits per heavy atom. The van der Waals surface area contributed by atoms with Crippen LogP contribution in [0.15, 0.2) is 6.33 Å². The Labute approximate surface area is 160 Å². The Morgan fingerprint density at radius 3 is 2.57 bits per heavy atom. The Kier molecular flexibility index (Phi) is 5.80. The van der Waals surface area contributed by atoms with E-state index in [2.05, 4.69) is 23.8 Å². The van der Waals surface area contributed by atoms with Crippen molar-refractivity contribution in [1.82, 2.24) is 19.5 Å². The van der Waals surface area contributed by atoms with Gasteiger partial charge in [-0.05, 0) is 11.6 Å². The smallest absolute Gasteiger partial charge is 0.387 e. The van der Waals surface area contributed by atoms with E-state index in [1.807, 2.05) is 0 Å². The minimum Gasteiger partial charge on any atom is -0.387 e. The van der Waals surface area contributed by atoms with Crippen LogP contribution in [0.2, 0.25) is 5.28 Å². The van der Waals surface area contributed by atoms with E-state index in [1.54, 1.807) is 0 Å². The maximum atomic E-state index is 11.5. The zero-order chi connectivity index (χ0) is 20.9. The molecule has 0 amide bonds. The molecule has 5 atom stereocenters. The maximum Gasteiger partial charge on any atom is 0.481 e. The van der Waals surface area contributed by atoms with Crippen LogP contribution < -0.4 is 5.73 Å². The summed E-state index contributed by atoms with van der Waals surface area (Å²) in [5.41, 5.74) is 5.93. The first kappa shape index (κ1) is 21.5. The third-order valence-corrected chi connectivity index (χ3v) is 5.96. The van der Waals surface area contributed by atoms with Gasteiger partial charge in [0.2, 0.25) is 5.28 Å². The minimum absolute atomic E-state index is 0.0301. The summed E-state index contributed by atoms with van der Waals surface area (Å²) in [6.45, 7) is -0.840. The average molecular weight is 462 g/mol. The molecule has 0 bridgehead atoms. The van der Waals surface area contributed by atoms with Crippen molar-refractivity contribution in [2.75, 3.05) is 12.3 Å². The second-order valence-corrected chi connectivity index (χ2v) is 8.75. The van der Waals surface area contributed by atoms with Crippen LogP contribution in [0.25, 0.3) is 11.2 Å². The molecule has 15 nitrogen and oxygen atoms in total. The van der Waals surface area contributed by atoms with Crippen molar-refractivity contribution in [1.29, 1.82) is 0 Å². The van der Waals surface area contributed by atoms with E-state index in [4.69, 9.17) is 31.9 Å². The molecule has 0 aromatic carbocycles. The number of aromatic nitrogens is 4. The van der Waals surface area contributed by atoms with Gasteiger partial charge in [0.25, 0.3) is 0 Å². The molecule has 0 saturated carbocycles. The molecule has 2 aromatic heterocycles. The molecule has 3 heterocycles. The van der Waals surface area contributed by atoms with Crippen molar-refractivity contribution < 1.29 is 47.6 Å². The van der Waals surface area contributed by atoms with Crippen molar-refractivity contribution in [3.8, 4) is 0 Å². The second-order valence-electron chi connectivity index (χ2n) is 5.58. The highest BCUT2D eigenvalue weighted by atomic mass is 35.5. The Hall–Kier alpha value is -1.22. The summed E-state index contributed by atoms with van der Waals surface area (Å²) in [6.07, 6.45) is -4.59. The van der Waals surface area contributed by atoms with Crippen LogP contribution in [0.1, 0.15) is 6.23 Å². The molecular weight excluding hydrogens is 448 g/mol. The number of anilines is 1. The van der Waals surface area contributed by atoms with E-state index >= 15 is 0 Å². The number of rotatable bonds is 6. The van der Waals surface area contributed by atoms with Gasteiger partial charge in [-0.15, -0.1) is 0 Å². The number of ether oxygens (including phenoxy) is 1. The fraction of sp³-hybridized carbons (Fsp3) is 0.500. The van der Waals surface area contributed by atoms with Crippen LogP contribution in [-0.2, 0) is 22.7 Å². The molecule has 2 aromatic rings. The topological polar surface area (TPSA) is 233 Å². The normalized spacial score (nSPS) is 27.9. The van der Waals surface area contributed by atoms with Gasteiger partial charge in [-0.2, -0.15) is 14.3 Å². The minimum atomic E-state index is -5.31. The second kappa shape index (κ2) is 7.55. The fourth-order valence-corrected chi connectivity index (χ4v) is 4.29. The summed E-state index contributed by atoms with van der Waals surface area (Å²) < 4.78 is 36.8. The van der Waals surface area contributed by atoms with Crippen LogP contribution in [0, 0.1) is 0 Å². The first-order valence-electron chi connectivity index (χ1n) is 7.29. The van der Waals surface area contributed by atoms with Crippen molar-refractivity contribution in [3.63, 3.8) is 0 Å². The van der Waals surface area contributed by atoms with E-state index in [0.717, 1.165) is 0 Å². The van der Waals surface area contributed by atoms with Gasteiger partial charge in [-0.1, -0.05) is 0 Å². The first-order chi connectivity index (χ1) is 12.9. The van der Waals surface area contributed by atoms with E-state index in [-0.39, 0.29) is 22.3 Å². The number of aliphatic hydroxyl groups excluding tert-OH is 2. The predicted octanol–water partition coefficient (Wildman–Crippen LogP) is -1.09. The molecule has 2 unspecified atom stereocenters. The number of nitrogens with zero attached hydrogens (tertiary/aromatic N) is 4. The van der Waals surface area contributed by atoms with Gasteiger partial charge in [0.1, 0.15) is 23.8 Å². The van der Waals surface area contributed by atoms with E-state index < -0.39 is 46.8 Å². The van der Waals surface area contributed by atoms with Gasteiger partial charge < -0.3 is 35.4 Å². The zero-order valence-electron chi connectivity index (χ0n) is 13.5. The van der Waals surface area contributed by atoms with Crippen LogP contribution in [0.5, 0.6) is 0 Å². The van der Waals surface area contributed by atoms with Gasteiger partial charge in [0.15, 0.2) is 17.7 Å². The molecule has 7 N–H and O–H groups in total. The number of aliphatic hydroxyl groups is 2. The third-order valence-electron chi connectivity index (χ3n) is 3.64. The summed E-state index contributed by atoms with van der Waals surface area (Å²) >= 11 is 5.75. The molecule has 28 heavy (non-hydrogen) atoms. The van der Waals surface area contributed by atoms with Crippen LogP contribution in [0.3, 0.4) is 0 Å². The maximum absolute atomic E-state index is 11.5. The predicted molar refractivity (Wildman–Crippen MR) is 89.6 cm³/mol. The zero-order valence-corrected chi connectivity index (χ0v) is 16.1. The standard InChI is InChI=1S/C10H14ClN5O10P2/c11-10-14-7(12)4-8(15-10)16(2-13-4)9-6(18)5(17)3(25-9)1-24-28(22,23)26-27(19,20)21/h2-3,5-6,9,17-18H,1H2,(H,22,23)(H2,12,14,15)(H2,19,20,21)/t3-,5?,6+,9-/m1/s1. The number of phosphoric acid groups is 2. The summed E-state index contributed by atoms with van der Waals surface area (Å²) in [6, 6.07) is 0. The van der Waals surface area contributed by atoms with Crippen LogP contribution >= 0.6 is 27.2 Å². The van der Waals surface area contributed by atoms with Gasteiger partial charge in [-0.25, -0.2) is 14.1 Å². The Balaban J connectivity index is 1.78. The van der Waals surface area contributed by atoms with Crippen LogP contribution in [-0.4, -0.2) is 69.3 Å². The highest BCUT2D eigenvalue weighted by Gasteiger charge is 2.46. The van der Waals surface area contributed by atoms with Gasteiger partial charge in [0, 0.05) is 0 Å². The molecule has 1 fully saturated rings. The van der Waals surface area contributed by atoms with Crippen LogP contribution in [0.4, 0.5) is 5.82 Å². The molecule has 1 aliphatic rings. The lowest BCUT2D eigenvalue weighted by atomic mass is 10.1. The van der Waals surface area contributed by atoms with Crippen molar-refractivity contribution >= 4 is 44.2 Å². The van der Waals surface area contributed by atoms with Crippen molar-refractivity contribution in [2.24, 2.45) is 0 Å². The number of hydrogen-bond acceptors (Lipinski definition) is 11. The van der Waals surface area contributed by atoms with E-state index in [9.17, 15) is 24.2 Å². The molecule has 156 valence electrons. The number of halogens is 1. The van der Waals surface area contributed by atoms with Crippen molar-refractivity contribution in [2.45, 2.75) is 24.5 Å².